The molecule has 1 heterocycles. The van der Waals surface area contributed by atoms with E-state index in [2.05, 4.69) is 10.9 Å². The molecule has 2 amide bonds. The van der Waals surface area contributed by atoms with Gasteiger partial charge in [0, 0.05) is 0 Å². The molecule has 116 valence electrons. The summed E-state index contributed by atoms with van der Waals surface area (Å²) in [5, 5.41) is 2.11. The summed E-state index contributed by atoms with van der Waals surface area (Å²) in [7, 11) is 0. The van der Waals surface area contributed by atoms with Crippen molar-refractivity contribution in [2.45, 2.75) is 13.3 Å². The largest absolute Gasteiger partial charge is 0.469 e. The zero-order chi connectivity index (χ0) is 16.2. The van der Waals surface area contributed by atoms with E-state index in [0.29, 0.717) is 11.3 Å². The normalized spacial score (nSPS) is 10.5. The first-order chi connectivity index (χ1) is 11.1. The molecule has 3 aromatic rings. The van der Waals surface area contributed by atoms with Crippen LogP contribution in [0.5, 0.6) is 0 Å². The third-order valence-corrected chi connectivity index (χ3v) is 3.65. The van der Waals surface area contributed by atoms with Gasteiger partial charge < -0.3 is 4.42 Å². The van der Waals surface area contributed by atoms with Crippen molar-refractivity contribution in [2.75, 3.05) is 0 Å². The topological polar surface area (TPSA) is 71.3 Å². The molecule has 2 N–H and O–H groups in total. The fraction of sp³-hybridized carbons (Fsp3) is 0.111. The van der Waals surface area contributed by atoms with E-state index >= 15 is 0 Å². The predicted molar refractivity (Wildman–Crippen MR) is 86.7 cm³/mol. The van der Waals surface area contributed by atoms with Crippen molar-refractivity contribution in [2.24, 2.45) is 0 Å². The molecular formula is C18H16N2O3. The molecule has 5 heteroatoms. The van der Waals surface area contributed by atoms with Crippen LogP contribution in [-0.4, -0.2) is 11.8 Å². The molecule has 0 aliphatic rings. The molecular weight excluding hydrogens is 292 g/mol. The fourth-order valence-corrected chi connectivity index (χ4v) is 2.48. The van der Waals surface area contributed by atoms with Crippen molar-refractivity contribution in [1.29, 1.82) is 0 Å². The summed E-state index contributed by atoms with van der Waals surface area (Å²) in [6.45, 7) is 1.69. The van der Waals surface area contributed by atoms with Crippen molar-refractivity contribution < 1.29 is 14.0 Å². The first-order valence-corrected chi connectivity index (χ1v) is 7.25. The summed E-state index contributed by atoms with van der Waals surface area (Å²) in [5.41, 5.74) is 6.14. The van der Waals surface area contributed by atoms with Crippen LogP contribution in [0, 0.1) is 6.92 Å². The van der Waals surface area contributed by atoms with Gasteiger partial charge in [0.25, 0.3) is 5.91 Å². The van der Waals surface area contributed by atoms with Gasteiger partial charge in [-0.2, -0.15) is 0 Å². The number of carbonyl (C=O) groups is 2. The highest BCUT2D eigenvalue weighted by molar-refractivity contribution is 5.96. The minimum absolute atomic E-state index is 0.187. The molecule has 0 aliphatic heterocycles. The second kappa shape index (κ2) is 6.36. The van der Waals surface area contributed by atoms with Gasteiger partial charge >= 0.3 is 0 Å². The zero-order valence-corrected chi connectivity index (χ0v) is 12.6. The van der Waals surface area contributed by atoms with E-state index < -0.39 is 5.91 Å². The Morgan fingerprint density at radius 2 is 1.78 bits per heavy atom. The Bertz CT molecular complexity index is 862. The maximum Gasteiger partial charge on any atom is 0.273 e. The average Bonchev–Trinajstić information content (AvgIpc) is 2.99. The number of benzene rings is 2. The first-order valence-electron chi connectivity index (χ1n) is 7.25. The fourth-order valence-electron chi connectivity index (χ4n) is 2.48. The second-order valence-corrected chi connectivity index (χ2v) is 5.21. The summed E-state index contributed by atoms with van der Waals surface area (Å²) < 4.78 is 5.06. The van der Waals surface area contributed by atoms with Crippen molar-refractivity contribution >= 4 is 22.6 Å². The molecule has 23 heavy (non-hydrogen) atoms. The van der Waals surface area contributed by atoms with E-state index in [1.807, 2.05) is 42.5 Å². The smallest absolute Gasteiger partial charge is 0.273 e. The van der Waals surface area contributed by atoms with Gasteiger partial charge in [-0.1, -0.05) is 42.5 Å². The van der Waals surface area contributed by atoms with Gasteiger partial charge in [0.15, 0.2) is 0 Å². The number of furan rings is 1. The van der Waals surface area contributed by atoms with Gasteiger partial charge in [0.2, 0.25) is 5.91 Å². The zero-order valence-electron chi connectivity index (χ0n) is 12.6. The van der Waals surface area contributed by atoms with Gasteiger partial charge in [0.05, 0.1) is 18.2 Å². The third-order valence-electron chi connectivity index (χ3n) is 3.65. The Morgan fingerprint density at radius 3 is 2.57 bits per heavy atom. The number of hydrogen-bond donors (Lipinski definition) is 2. The van der Waals surface area contributed by atoms with Crippen LogP contribution in [0.15, 0.2) is 59.2 Å². The van der Waals surface area contributed by atoms with Gasteiger partial charge in [-0.3, -0.25) is 20.4 Å². The van der Waals surface area contributed by atoms with E-state index in [4.69, 9.17) is 4.42 Å². The number of carbonyl (C=O) groups excluding carboxylic acids is 2. The molecule has 0 atom stereocenters. The van der Waals surface area contributed by atoms with Gasteiger partial charge in [-0.05, 0) is 29.3 Å². The molecule has 0 unspecified atom stereocenters. The monoisotopic (exact) mass is 308 g/mol. The van der Waals surface area contributed by atoms with Crippen LogP contribution in [0.3, 0.4) is 0 Å². The number of fused-ring (bicyclic) bond motifs is 1. The van der Waals surface area contributed by atoms with Crippen LogP contribution in [-0.2, 0) is 11.2 Å². The highest BCUT2D eigenvalue weighted by Crippen LogP contribution is 2.18. The summed E-state index contributed by atoms with van der Waals surface area (Å²) in [6, 6.07) is 15.3. The van der Waals surface area contributed by atoms with Crippen molar-refractivity contribution in [3.8, 4) is 0 Å². The second-order valence-electron chi connectivity index (χ2n) is 5.21. The lowest BCUT2D eigenvalue weighted by Crippen LogP contribution is -2.42. The number of hydrazine groups is 1. The molecule has 2 aromatic carbocycles. The third kappa shape index (κ3) is 3.23. The lowest BCUT2D eigenvalue weighted by atomic mass is 10.0. The molecule has 0 radical (unpaired) electrons. The van der Waals surface area contributed by atoms with Crippen LogP contribution < -0.4 is 10.9 Å². The van der Waals surface area contributed by atoms with E-state index in [9.17, 15) is 9.59 Å². The minimum atomic E-state index is -0.400. The molecule has 0 aliphatic carbocycles. The van der Waals surface area contributed by atoms with Crippen LogP contribution >= 0.6 is 0 Å². The summed E-state index contributed by atoms with van der Waals surface area (Å²) in [5.74, 6) is -0.177. The molecule has 5 nitrogen and oxygen atoms in total. The molecule has 0 saturated carbocycles. The lowest BCUT2D eigenvalue weighted by Gasteiger charge is -2.09. The number of hydrogen-bond acceptors (Lipinski definition) is 3. The average molecular weight is 308 g/mol. The first kappa shape index (κ1) is 14.8. The number of amides is 2. The highest BCUT2D eigenvalue weighted by atomic mass is 16.3. The molecule has 3 rings (SSSR count). The van der Waals surface area contributed by atoms with Crippen molar-refractivity contribution in [1.82, 2.24) is 10.9 Å². The Hall–Kier alpha value is -3.08. The molecule has 0 bridgehead atoms. The van der Waals surface area contributed by atoms with Gasteiger partial charge in [-0.25, -0.2) is 0 Å². The maximum atomic E-state index is 12.1. The van der Waals surface area contributed by atoms with E-state index in [0.717, 1.165) is 16.3 Å². The maximum absolute atomic E-state index is 12.1. The Balaban J connectivity index is 1.65. The standard InChI is InChI=1S/C18H16N2O3/c1-12-15(9-10-23-12)18(22)20-19-17(21)11-14-7-4-6-13-5-2-3-8-16(13)14/h2-10H,11H2,1H3,(H,19,21)(H,20,22). The summed E-state index contributed by atoms with van der Waals surface area (Å²) >= 11 is 0. The van der Waals surface area contributed by atoms with E-state index in [1.54, 1.807) is 13.0 Å². The van der Waals surface area contributed by atoms with E-state index in [1.165, 1.54) is 6.26 Å². The Morgan fingerprint density at radius 1 is 1.00 bits per heavy atom. The Labute approximate surface area is 133 Å². The van der Waals surface area contributed by atoms with Crippen LogP contribution in [0.1, 0.15) is 21.7 Å². The van der Waals surface area contributed by atoms with Crippen LogP contribution in [0.4, 0.5) is 0 Å². The number of nitrogens with one attached hydrogen (secondary N) is 2. The van der Waals surface area contributed by atoms with Gasteiger partial charge in [-0.15, -0.1) is 0 Å². The summed E-state index contributed by atoms with van der Waals surface area (Å²) in [6.07, 6.45) is 1.62. The van der Waals surface area contributed by atoms with Gasteiger partial charge in [0.1, 0.15) is 5.76 Å². The van der Waals surface area contributed by atoms with E-state index in [-0.39, 0.29) is 12.3 Å². The number of rotatable bonds is 3. The van der Waals surface area contributed by atoms with Crippen LogP contribution in [0.2, 0.25) is 0 Å². The lowest BCUT2D eigenvalue weighted by molar-refractivity contribution is -0.121. The van der Waals surface area contributed by atoms with Crippen molar-refractivity contribution in [3.05, 3.63) is 71.7 Å². The quantitative estimate of drug-likeness (QED) is 0.731. The SMILES string of the molecule is Cc1occc1C(=O)NNC(=O)Cc1cccc2ccccc12. The van der Waals surface area contributed by atoms with Crippen LogP contribution in [0.25, 0.3) is 10.8 Å². The minimum Gasteiger partial charge on any atom is -0.469 e. The number of aryl methyl sites for hydroxylation is 1. The highest BCUT2D eigenvalue weighted by Gasteiger charge is 2.12. The molecule has 0 spiro atoms. The predicted octanol–water partition coefficient (Wildman–Crippen LogP) is 2.74. The molecule has 1 aromatic heterocycles. The molecule has 0 fully saturated rings. The Kier molecular flexibility index (Phi) is 4.10. The summed E-state index contributed by atoms with van der Waals surface area (Å²) in [4.78, 5) is 24.0. The van der Waals surface area contributed by atoms with Crippen molar-refractivity contribution in [3.63, 3.8) is 0 Å². The molecule has 0 saturated heterocycles.